The summed E-state index contributed by atoms with van der Waals surface area (Å²) in [4.78, 5) is 13.3. The molecule has 0 aliphatic heterocycles. The number of carbonyl (C=O) groups excluding carboxylic acids is 1. The fraction of sp³-hybridized carbons (Fsp3) is 0.462. The summed E-state index contributed by atoms with van der Waals surface area (Å²) in [6, 6.07) is 10.4. The minimum Gasteiger partial charge on any atom is -0.336 e. The quantitative estimate of drug-likeness (QED) is 0.829. The summed E-state index contributed by atoms with van der Waals surface area (Å²) in [5.74, 6) is 0. The fourth-order valence-electron chi connectivity index (χ4n) is 1.40. The lowest BCUT2D eigenvalue weighted by molar-refractivity contribution is 0.207. The van der Waals surface area contributed by atoms with Crippen LogP contribution in [0.4, 0.5) is 4.79 Å². The van der Waals surface area contributed by atoms with Gasteiger partial charge < -0.3 is 10.2 Å². The third kappa shape index (κ3) is 4.34. The molecule has 0 aliphatic rings. The Labute approximate surface area is 97.5 Å². The van der Waals surface area contributed by atoms with E-state index in [4.69, 9.17) is 0 Å². The predicted octanol–water partition coefficient (Wildman–Crippen LogP) is 2.28. The number of benzene rings is 1. The van der Waals surface area contributed by atoms with E-state index in [9.17, 15) is 4.79 Å². The highest BCUT2D eigenvalue weighted by Crippen LogP contribution is 2.00. The Kier molecular flexibility index (Phi) is 4.83. The molecule has 0 atom stereocenters. The average molecular weight is 220 g/mol. The molecule has 0 bridgehead atoms. The number of nitrogens with one attached hydrogen (secondary N) is 1. The highest BCUT2D eigenvalue weighted by molar-refractivity contribution is 5.74. The fourth-order valence-corrected chi connectivity index (χ4v) is 1.40. The van der Waals surface area contributed by atoms with Gasteiger partial charge in [-0.3, -0.25) is 0 Å². The Bertz CT molecular complexity index is 322. The molecule has 0 saturated carbocycles. The lowest BCUT2D eigenvalue weighted by atomic mass is 10.1. The van der Waals surface area contributed by atoms with E-state index in [0.717, 1.165) is 13.0 Å². The van der Waals surface area contributed by atoms with Gasteiger partial charge in [0.1, 0.15) is 0 Å². The number of hydrogen-bond acceptors (Lipinski definition) is 1. The number of carbonyl (C=O) groups is 1. The Morgan fingerprint density at radius 1 is 1.31 bits per heavy atom. The molecule has 88 valence electrons. The third-order valence-electron chi connectivity index (χ3n) is 2.34. The van der Waals surface area contributed by atoms with Gasteiger partial charge in [-0.25, -0.2) is 4.79 Å². The van der Waals surface area contributed by atoms with Gasteiger partial charge >= 0.3 is 6.03 Å². The molecule has 0 aromatic heterocycles. The number of urea groups is 1. The Morgan fingerprint density at radius 2 is 1.94 bits per heavy atom. The number of hydrogen-bond donors (Lipinski definition) is 1. The van der Waals surface area contributed by atoms with Crippen LogP contribution in [0.25, 0.3) is 0 Å². The van der Waals surface area contributed by atoms with Crippen LogP contribution in [-0.4, -0.2) is 30.6 Å². The van der Waals surface area contributed by atoms with Gasteiger partial charge in [0.05, 0.1) is 0 Å². The Hall–Kier alpha value is -1.51. The highest BCUT2D eigenvalue weighted by atomic mass is 16.2. The molecular weight excluding hydrogens is 200 g/mol. The third-order valence-corrected chi connectivity index (χ3v) is 2.34. The van der Waals surface area contributed by atoms with Gasteiger partial charge in [-0.15, -0.1) is 0 Å². The predicted molar refractivity (Wildman–Crippen MR) is 66.4 cm³/mol. The van der Waals surface area contributed by atoms with Crippen LogP contribution in [0.1, 0.15) is 19.4 Å². The Morgan fingerprint density at radius 3 is 2.50 bits per heavy atom. The second kappa shape index (κ2) is 6.16. The molecule has 16 heavy (non-hydrogen) atoms. The van der Waals surface area contributed by atoms with Crippen LogP contribution in [0.15, 0.2) is 30.3 Å². The zero-order chi connectivity index (χ0) is 12.0. The molecule has 2 amide bonds. The van der Waals surface area contributed by atoms with Gasteiger partial charge in [-0.05, 0) is 25.8 Å². The number of rotatable bonds is 4. The summed E-state index contributed by atoms with van der Waals surface area (Å²) in [5.41, 5.74) is 1.26. The van der Waals surface area contributed by atoms with E-state index in [0.29, 0.717) is 0 Å². The van der Waals surface area contributed by atoms with Crippen molar-refractivity contribution >= 4 is 6.03 Å². The minimum absolute atomic E-state index is 0.00840. The molecular formula is C13H20N2O. The zero-order valence-corrected chi connectivity index (χ0v) is 10.2. The molecule has 0 radical (unpaired) electrons. The lowest BCUT2D eigenvalue weighted by Gasteiger charge is -2.19. The van der Waals surface area contributed by atoms with Crippen molar-refractivity contribution in [1.29, 1.82) is 0 Å². The van der Waals surface area contributed by atoms with Crippen molar-refractivity contribution in [3.05, 3.63) is 35.9 Å². The molecule has 0 aliphatic carbocycles. The molecule has 3 heteroatoms. The summed E-state index contributed by atoms with van der Waals surface area (Å²) in [7, 11) is 1.82. The van der Waals surface area contributed by atoms with Crippen molar-refractivity contribution in [3.63, 3.8) is 0 Å². The van der Waals surface area contributed by atoms with Crippen molar-refractivity contribution in [3.8, 4) is 0 Å². The molecule has 1 rings (SSSR count). The van der Waals surface area contributed by atoms with Gasteiger partial charge in [0.15, 0.2) is 0 Å². The standard InChI is InChI=1S/C13H20N2O/c1-11(2)14-13(16)15(3)10-9-12-7-5-4-6-8-12/h4-8,11H,9-10H2,1-3H3,(H,14,16). The molecule has 3 nitrogen and oxygen atoms in total. The first kappa shape index (κ1) is 12.6. The second-order valence-corrected chi connectivity index (χ2v) is 4.26. The van der Waals surface area contributed by atoms with E-state index in [1.54, 1.807) is 4.90 Å². The van der Waals surface area contributed by atoms with E-state index in [2.05, 4.69) is 17.4 Å². The first-order valence-corrected chi connectivity index (χ1v) is 5.65. The molecule has 0 unspecified atom stereocenters. The number of likely N-dealkylation sites (N-methyl/N-ethyl adjacent to an activating group) is 1. The van der Waals surface area contributed by atoms with Crippen LogP contribution >= 0.6 is 0 Å². The summed E-state index contributed by atoms with van der Waals surface area (Å²) in [5, 5.41) is 2.87. The van der Waals surface area contributed by atoms with E-state index in [1.165, 1.54) is 5.56 Å². The summed E-state index contributed by atoms with van der Waals surface area (Å²) >= 11 is 0. The second-order valence-electron chi connectivity index (χ2n) is 4.26. The topological polar surface area (TPSA) is 32.3 Å². The zero-order valence-electron chi connectivity index (χ0n) is 10.2. The van der Waals surface area contributed by atoms with E-state index in [-0.39, 0.29) is 12.1 Å². The molecule has 0 saturated heterocycles. The maximum Gasteiger partial charge on any atom is 0.317 e. The molecule has 1 aromatic carbocycles. The number of amides is 2. The summed E-state index contributed by atoms with van der Waals surface area (Å²) in [6.07, 6.45) is 0.892. The van der Waals surface area contributed by atoms with E-state index < -0.39 is 0 Å². The maximum atomic E-state index is 11.6. The van der Waals surface area contributed by atoms with Crippen LogP contribution in [0.3, 0.4) is 0 Å². The van der Waals surface area contributed by atoms with E-state index in [1.807, 2.05) is 39.1 Å². The first-order chi connectivity index (χ1) is 7.59. The molecule has 0 fully saturated rings. The summed E-state index contributed by atoms with van der Waals surface area (Å²) < 4.78 is 0. The minimum atomic E-state index is -0.00840. The van der Waals surface area contributed by atoms with Gasteiger partial charge in [-0.1, -0.05) is 30.3 Å². The summed E-state index contributed by atoms with van der Waals surface area (Å²) in [6.45, 7) is 4.66. The molecule has 1 aromatic rings. The van der Waals surface area contributed by atoms with Gasteiger partial charge in [0.25, 0.3) is 0 Å². The van der Waals surface area contributed by atoms with Crippen LogP contribution in [0.5, 0.6) is 0 Å². The van der Waals surface area contributed by atoms with Crippen LogP contribution in [0.2, 0.25) is 0 Å². The van der Waals surface area contributed by atoms with Crippen molar-refractivity contribution in [2.24, 2.45) is 0 Å². The van der Waals surface area contributed by atoms with Crippen molar-refractivity contribution in [2.45, 2.75) is 26.3 Å². The maximum absolute atomic E-state index is 11.6. The SMILES string of the molecule is CC(C)NC(=O)N(C)CCc1ccccc1. The van der Waals surface area contributed by atoms with Crippen molar-refractivity contribution in [2.75, 3.05) is 13.6 Å². The van der Waals surface area contributed by atoms with Gasteiger partial charge in [0.2, 0.25) is 0 Å². The normalized spacial score (nSPS) is 10.2. The molecule has 1 N–H and O–H groups in total. The number of nitrogens with zero attached hydrogens (tertiary/aromatic N) is 1. The monoisotopic (exact) mass is 220 g/mol. The van der Waals surface area contributed by atoms with Crippen molar-refractivity contribution in [1.82, 2.24) is 10.2 Å². The Balaban J connectivity index is 2.35. The first-order valence-electron chi connectivity index (χ1n) is 5.65. The smallest absolute Gasteiger partial charge is 0.317 e. The largest absolute Gasteiger partial charge is 0.336 e. The van der Waals surface area contributed by atoms with Gasteiger partial charge in [-0.2, -0.15) is 0 Å². The van der Waals surface area contributed by atoms with E-state index >= 15 is 0 Å². The van der Waals surface area contributed by atoms with Crippen LogP contribution in [-0.2, 0) is 6.42 Å². The molecule has 0 spiro atoms. The average Bonchev–Trinajstić information content (AvgIpc) is 2.26. The lowest BCUT2D eigenvalue weighted by Crippen LogP contribution is -2.41. The van der Waals surface area contributed by atoms with Gasteiger partial charge in [0, 0.05) is 19.6 Å². The van der Waals surface area contributed by atoms with Crippen LogP contribution in [0, 0.1) is 0 Å². The highest BCUT2D eigenvalue weighted by Gasteiger charge is 2.08. The van der Waals surface area contributed by atoms with Crippen molar-refractivity contribution < 1.29 is 4.79 Å². The van der Waals surface area contributed by atoms with Crippen LogP contribution < -0.4 is 5.32 Å². The molecule has 0 heterocycles.